The van der Waals surface area contributed by atoms with Gasteiger partial charge in [-0.2, -0.15) is 0 Å². The summed E-state index contributed by atoms with van der Waals surface area (Å²) < 4.78 is 5.66. The molecule has 1 N–H and O–H groups in total. The van der Waals surface area contributed by atoms with Gasteiger partial charge in [-0.1, -0.05) is 23.9 Å². The minimum absolute atomic E-state index is 0.197. The van der Waals surface area contributed by atoms with Gasteiger partial charge in [0.05, 0.1) is 18.3 Å². The molecule has 0 fully saturated rings. The molecule has 0 radical (unpaired) electrons. The molecule has 2 rings (SSSR count). The minimum Gasteiger partial charge on any atom is -0.496 e. The molecule has 0 aliphatic carbocycles. The Hall–Kier alpha value is -1.27. The van der Waals surface area contributed by atoms with Gasteiger partial charge in [-0.25, -0.2) is 4.98 Å². The summed E-state index contributed by atoms with van der Waals surface area (Å²) >= 11 is 4.59. The number of benzene rings is 1. The number of para-hydroxylation sites is 1. The van der Waals surface area contributed by atoms with E-state index in [2.05, 4.69) is 25.9 Å². The molecule has 0 atom stereocenters. The van der Waals surface area contributed by atoms with Crippen molar-refractivity contribution < 1.29 is 4.74 Å². The highest BCUT2D eigenvalue weighted by Gasteiger charge is 2.10. The highest BCUT2D eigenvalue weighted by molar-refractivity contribution is 9.10. The predicted molar refractivity (Wildman–Crippen MR) is 69.7 cm³/mol. The van der Waals surface area contributed by atoms with Crippen molar-refractivity contribution in [3.63, 3.8) is 0 Å². The third-order valence-electron chi connectivity index (χ3n) is 2.04. The summed E-state index contributed by atoms with van der Waals surface area (Å²) in [4.78, 5) is 18.9. The fourth-order valence-corrected chi connectivity index (χ4v) is 2.60. The fourth-order valence-electron chi connectivity index (χ4n) is 1.25. The fraction of sp³-hybridized carbons (Fsp3) is 0.0909. The second-order valence-corrected chi connectivity index (χ2v) is 4.93. The lowest BCUT2D eigenvalue weighted by Gasteiger charge is -2.07. The number of aromatic amines is 1. The van der Waals surface area contributed by atoms with Crippen LogP contribution in [0.2, 0.25) is 0 Å². The molecule has 0 spiro atoms. The summed E-state index contributed by atoms with van der Waals surface area (Å²) in [6.45, 7) is 0. The average molecular weight is 313 g/mol. The number of ether oxygens (including phenoxy) is 1. The smallest absolute Gasteiger partial charge is 0.266 e. The molecule has 0 unspecified atom stereocenters. The van der Waals surface area contributed by atoms with Crippen LogP contribution in [0.25, 0.3) is 0 Å². The summed E-state index contributed by atoms with van der Waals surface area (Å²) in [5.74, 6) is 0.756. The SMILES string of the molecule is COc1ccccc1Sc1nc[nH]c(=O)c1Br. The molecule has 0 saturated heterocycles. The molecule has 6 heteroatoms. The van der Waals surface area contributed by atoms with Crippen LogP contribution in [0.3, 0.4) is 0 Å². The summed E-state index contributed by atoms with van der Waals surface area (Å²) in [6.07, 6.45) is 1.38. The van der Waals surface area contributed by atoms with Crippen LogP contribution in [0, 0.1) is 0 Å². The first-order valence-electron chi connectivity index (χ1n) is 4.76. The molecule has 0 saturated carbocycles. The number of nitrogens with one attached hydrogen (secondary N) is 1. The first-order chi connectivity index (χ1) is 8.22. The number of hydrogen-bond donors (Lipinski definition) is 1. The highest BCUT2D eigenvalue weighted by Crippen LogP contribution is 2.35. The zero-order valence-corrected chi connectivity index (χ0v) is 11.3. The zero-order chi connectivity index (χ0) is 12.3. The Labute approximate surface area is 111 Å². The lowest BCUT2D eigenvalue weighted by Crippen LogP contribution is -2.07. The van der Waals surface area contributed by atoms with E-state index in [0.717, 1.165) is 10.6 Å². The maximum Gasteiger partial charge on any atom is 0.266 e. The Morgan fingerprint density at radius 2 is 2.18 bits per heavy atom. The number of H-pyrrole nitrogens is 1. The first-order valence-corrected chi connectivity index (χ1v) is 6.37. The monoisotopic (exact) mass is 312 g/mol. The van der Waals surface area contributed by atoms with Crippen LogP contribution in [-0.2, 0) is 0 Å². The van der Waals surface area contributed by atoms with Gasteiger partial charge < -0.3 is 9.72 Å². The maximum absolute atomic E-state index is 11.4. The van der Waals surface area contributed by atoms with Crippen LogP contribution >= 0.6 is 27.7 Å². The van der Waals surface area contributed by atoms with Crippen LogP contribution in [0.1, 0.15) is 0 Å². The molecule has 0 amide bonds. The Bertz CT molecular complexity index is 586. The predicted octanol–water partition coefficient (Wildman–Crippen LogP) is 2.69. The van der Waals surface area contributed by atoms with Crippen molar-refractivity contribution in [2.24, 2.45) is 0 Å². The van der Waals surface area contributed by atoms with E-state index in [9.17, 15) is 4.79 Å². The van der Waals surface area contributed by atoms with Crippen LogP contribution in [0.4, 0.5) is 0 Å². The van der Waals surface area contributed by atoms with Crippen molar-refractivity contribution >= 4 is 27.7 Å². The largest absolute Gasteiger partial charge is 0.496 e. The molecule has 0 aliphatic rings. The first kappa shape index (κ1) is 12.2. The Kier molecular flexibility index (Phi) is 3.86. The normalized spacial score (nSPS) is 10.2. The van der Waals surface area contributed by atoms with Gasteiger partial charge in [0, 0.05) is 0 Å². The van der Waals surface area contributed by atoms with Crippen LogP contribution in [-0.4, -0.2) is 17.1 Å². The molecular formula is C11H9BrN2O2S. The van der Waals surface area contributed by atoms with Crippen LogP contribution in [0.5, 0.6) is 5.75 Å². The number of methoxy groups -OCH3 is 1. The van der Waals surface area contributed by atoms with E-state index in [1.165, 1.54) is 18.1 Å². The number of nitrogens with zero attached hydrogens (tertiary/aromatic N) is 1. The molecular weight excluding hydrogens is 304 g/mol. The van der Waals surface area contributed by atoms with Crippen molar-refractivity contribution in [1.29, 1.82) is 0 Å². The zero-order valence-electron chi connectivity index (χ0n) is 8.94. The molecule has 88 valence electrons. The van der Waals surface area contributed by atoms with Crippen molar-refractivity contribution in [2.75, 3.05) is 7.11 Å². The summed E-state index contributed by atoms with van der Waals surface area (Å²) in [5, 5.41) is 0.609. The highest BCUT2D eigenvalue weighted by atomic mass is 79.9. The van der Waals surface area contributed by atoms with E-state index in [1.807, 2.05) is 24.3 Å². The third kappa shape index (κ3) is 2.70. The van der Waals surface area contributed by atoms with Gasteiger partial charge in [0.2, 0.25) is 0 Å². The molecule has 0 bridgehead atoms. The standard InChI is InChI=1S/C11H9BrN2O2S/c1-16-7-4-2-3-5-8(7)17-11-9(12)10(15)13-6-14-11/h2-6H,1H3,(H,13,14,15). The summed E-state index contributed by atoms with van der Waals surface area (Å²) in [7, 11) is 1.61. The van der Waals surface area contributed by atoms with Crippen molar-refractivity contribution in [2.45, 2.75) is 9.92 Å². The molecule has 17 heavy (non-hydrogen) atoms. The van der Waals surface area contributed by atoms with Gasteiger partial charge in [0.1, 0.15) is 15.2 Å². The number of aromatic nitrogens is 2. The molecule has 4 nitrogen and oxygen atoms in total. The molecule has 0 aliphatic heterocycles. The Morgan fingerprint density at radius 1 is 1.41 bits per heavy atom. The Balaban J connectivity index is 2.38. The number of hydrogen-bond acceptors (Lipinski definition) is 4. The molecule has 1 heterocycles. The van der Waals surface area contributed by atoms with Crippen LogP contribution < -0.4 is 10.3 Å². The van der Waals surface area contributed by atoms with Gasteiger partial charge >= 0.3 is 0 Å². The maximum atomic E-state index is 11.4. The van der Waals surface area contributed by atoms with Crippen molar-refractivity contribution in [1.82, 2.24) is 9.97 Å². The quantitative estimate of drug-likeness (QED) is 0.885. The second-order valence-electron chi connectivity index (χ2n) is 3.10. The summed E-state index contributed by atoms with van der Waals surface area (Å²) in [5.41, 5.74) is -0.197. The van der Waals surface area contributed by atoms with Crippen LogP contribution in [0.15, 0.2) is 49.8 Å². The number of rotatable bonds is 3. The van der Waals surface area contributed by atoms with E-state index in [0.29, 0.717) is 9.50 Å². The van der Waals surface area contributed by atoms with Crippen molar-refractivity contribution in [3.8, 4) is 5.75 Å². The molecule has 1 aromatic heterocycles. The molecule has 2 aromatic rings. The average Bonchev–Trinajstić information content (AvgIpc) is 2.35. The lowest BCUT2D eigenvalue weighted by molar-refractivity contribution is 0.405. The Morgan fingerprint density at radius 3 is 2.94 bits per heavy atom. The van der Waals surface area contributed by atoms with Gasteiger partial charge in [-0.3, -0.25) is 4.79 Å². The molecule has 1 aromatic carbocycles. The van der Waals surface area contributed by atoms with Gasteiger partial charge in [-0.05, 0) is 28.1 Å². The van der Waals surface area contributed by atoms with E-state index in [4.69, 9.17) is 4.74 Å². The summed E-state index contributed by atoms with van der Waals surface area (Å²) in [6, 6.07) is 7.58. The lowest BCUT2D eigenvalue weighted by atomic mass is 10.3. The van der Waals surface area contributed by atoms with Gasteiger partial charge in [-0.15, -0.1) is 0 Å². The van der Waals surface area contributed by atoms with E-state index >= 15 is 0 Å². The second kappa shape index (κ2) is 5.37. The van der Waals surface area contributed by atoms with Gasteiger partial charge in [0.25, 0.3) is 5.56 Å². The van der Waals surface area contributed by atoms with E-state index < -0.39 is 0 Å². The van der Waals surface area contributed by atoms with E-state index in [1.54, 1.807) is 7.11 Å². The van der Waals surface area contributed by atoms with E-state index in [-0.39, 0.29) is 5.56 Å². The minimum atomic E-state index is -0.197. The topological polar surface area (TPSA) is 55.0 Å². The van der Waals surface area contributed by atoms with Gasteiger partial charge in [0.15, 0.2) is 0 Å². The number of halogens is 1. The third-order valence-corrected chi connectivity index (χ3v) is 4.10. The van der Waals surface area contributed by atoms with Crippen molar-refractivity contribution in [3.05, 3.63) is 45.4 Å².